The van der Waals surface area contributed by atoms with Gasteiger partial charge >= 0.3 is 0 Å². The predicted octanol–water partition coefficient (Wildman–Crippen LogP) is 1.61. The number of aliphatic hydroxyl groups is 1. The van der Waals surface area contributed by atoms with Crippen LogP contribution in [0.1, 0.15) is 26.0 Å². The number of aromatic nitrogens is 3. The molecule has 0 aromatic carbocycles. The first-order chi connectivity index (χ1) is 8.06. The number of pyridine rings is 1. The summed E-state index contributed by atoms with van der Waals surface area (Å²) in [6.07, 6.45) is 0.352. The predicted molar refractivity (Wildman–Crippen MR) is 67.1 cm³/mol. The molecule has 0 amide bonds. The Hall–Kier alpha value is -1.62. The zero-order valence-corrected chi connectivity index (χ0v) is 10.4. The summed E-state index contributed by atoms with van der Waals surface area (Å²) >= 11 is 0. The molecule has 2 N–H and O–H groups in total. The van der Waals surface area contributed by atoms with Gasteiger partial charge in [-0.05, 0) is 39.3 Å². The standard InChI is InChI=1S/C12H18N4O/c1-8(7-10(3)17)13-12-14-11-6-4-5-9(2)16(11)15-12/h4-6,8,10,17H,7H2,1-3H3,(H,13,15). The summed E-state index contributed by atoms with van der Waals surface area (Å²) in [6, 6.07) is 6.02. The van der Waals surface area contributed by atoms with Gasteiger partial charge in [-0.1, -0.05) is 6.07 Å². The molecule has 2 aromatic heterocycles. The first kappa shape index (κ1) is 11.9. The van der Waals surface area contributed by atoms with Crippen LogP contribution in [0.2, 0.25) is 0 Å². The molecular formula is C12H18N4O. The number of rotatable bonds is 4. The smallest absolute Gasteiger partial charge is 0.243 e. The fourth-order valence-corrected chi connectivity index (χ4v) is 1.89. The zero-order chi connectivity index (χ0) is 12.4. The molecule has 5 nitrogen and oxygen atoms in total. The zero-order valence-electron chi connectivity index (χ0n) is 10.4. The Labute approximate surface area is 100 Å². The average Bonchev–Trinajstić information content (AvgIpc) is 2.60. The molecule has 0 aliphatic carbocycles. The molecular weight excluding hydrogens is 216 g/mol. The van der Waals surface area contributed by atoms with Crippen LogP contribution < -0.4 is 5.32 Å². The molecule has 0 spiro atoms. The number of aliphatic hydroxyl groups excluding tert-OH is 1. The van der Waals surface area contributed by atoms with E-state index >= 15 is 0 Å². The number of nitrogens with zero attached hydrogens (tertiary/aromatic N) is 3. The molecule has 17 heavy (non-hydrogen) atoms. The van der Waals surface area contributed by atoms with E-state index in [4.69, 9.17) is 0 Å². The highest BCUT2D eigenvalue weighted by molar-refractivity contribution is 5.44. The molecule has 0 aliphatic rings. The number of aryl methyl sites for hydroxylation is 1. The largest absolute Gasteiger partial charge is 0.393 e. The molecule has 92 valence electrons. The van der Waals surface area contributed by atoms with Gasteiger partial charge in [0.25, 0.3) is 0 Å². The minimum atomic E-state index is -0.323. The van der Waals surface area contributed by atoms with Gasteiger partial charge < -0.3 is 10.4 Å². The Morgan fingerprint density at radius 2 is 2.18 bits per heavy atom. The third kappa shape index (κ3) is 2.74. The molecule has 0 saturated heterocycles. The Kier molecular flexibility index (Phi) is 3.28. The quantitative estimate of drug-likeness (QED) is 0.843. The van der Waals surface area contributed by atoms with Gasteiger partial charge in [0, 0.05) is 11.7 Å². The van der Waals surface area contributed by atoms with Gasteiger partial charge in [0.2, 0.25) is 5.95 Å². The van der Waals surface area contributed by atoms with Gasteiger partial charge in [-0.15, -0.1) is 5.10 Å². The highest BCUT2D eigenvalue weighted by atomic mass is 16.3. The number of hydrogen-bond donors (Lipinski definition) is 2. The summed E-state index contributed by atoms with van der Waals surface area (Å²) in [5, 5.41) is 16.9. The minimum Gasteiger partial charge on any atom is -0.393 e. The lowest BCUT2D eigenvalue weighted by molar-refractivity contribution is 0.179. The Morgan fingerprint density at radius 1 is 1.41 bits per heavy atom. The second-order valence-electron chi connectivity index (χ2n) is 4.50. The van der Waals surface area contributed by atoms with Gasteiger partial charge in [0.1, 0.15) is 0 Å². The van der Waals surface area contributed by atoms with Crippen LogP contribution in [-0.4, -0.2) is 31.9 Å². The van der Waals surface area contributed by atoms with Crippen molar-refractivity contribution in [3.05, 3.63) is 23.9 Å². The fourth-order valence-electron chi connectivity index (χ4n) is 1.89. The van der Waals surface area contributed by atoms with Crippen LogP contribution in [0.3, 0.4) is 0 Å². The summed E-state index contributed by atoms with van der Waals surface area (Å²) in [4.78, 5) is 4.38. The summed E-state index contributed by atoms with van der Waals surface area (Å²) in [5.74, 6) is 0.604. The van der Waals surface area contributed by atoms with E-state index in [1.807, 2.05) is 32.0 Å². The van der Waals surface area contributed by atoms with Crippen LogP contribution in [0.4, 0.5) is 5.95 Å². The van der Waals surface area contributed by atoms with E-state index in [9.17, 15) is 5.11 Å². The third-order valence-electron chi connectivity index (χ3n) is 2.62. The molecule has 0 radical (unpaired) electrons. The van der Waals surface area contributed by atoms with Gasteiger partial charge in [0.05, 0.1) is 6.10 Å². The fraction of sp³-hybridized carbons (Fsp3) is 0.500. The van der Waals surface area contributed by atoms with Crippen molar-refractivity contribution in [1.29, 1.82) is 0 Å². The SMILES string of the molecule is Cc1cccc2nc(NC(C)CC(C)O)nn12. The number of fused-ring (bicyclic) bond motifs is 1. The first-order valence-electron chi connectivity index (χ1n) is 5.83. The van der Waals surface area contributed by atoms with Crippen LogP contribution in [0, 0.1) is 6.92 Å². The Balaban J connectivity index is 2.17. The summed E-state index contributed by atoms with van der Waals surface area (Å²) in [6.45, 7) is 5.77. The van der Waals surface area contributed by atoms with Crippen molar-refractivity contribution in [3.63, 3.8) is 0 Å². The maximum Gasteiger partial charge on any atom is 0.243 e. The second kappa shape index (κ2) is 4.71. The van der Waals surface area contributed by atoms with Gasteiger partial charge in [-0.25, -0.2) is 4.52 Å². The maximum atomic E-state index is 9.30. The summed E-state index contributed by atoms with van der Waals surface area (Å²) in [5.41, 5.74) is 1.88. The molecule has 0 aliphatic heterocycles. The van der Waals surface area contributed by atoms with E-state index in [2.05, 4.69) is 15.4 Å². The topological polar surface area (TPSA) is 62.5 Å². The monoisotopic (exact) mass is 234 g/mol. The lowest BCUT2D eigenvalue weighted by Gasteiger charge is -2.13. The number of hydrogen-bond acceptors (Lipinski definition) is 4. The lowest BCUT2D eigenvalue weighted by atomic mass is 10.2. The average molecular weight is 234 g/mol. The van der Waals surface area contributed by atoms with Crippen molar-refractivity contribution >= 4 is 11.6 Å². The molecule has 2 atom stereocenters. The first-order valence-corrected chi connectivity index (χ1v) is 5.83. The van der Waals surface area contributed by atoms with Crippen molar-refractivity contribution < 1.29 is 5.11 Å². The molecule has 0 bridgehead atoms. The molecule has 5 heteroatoms. The van der Waals surface area contributed by atoms with Crippen LogP contribution in [0.15, 0.2) is 18.2 Å². The van der Waals surface area contributed by atoms with Crippen LogP contribution in [-0.2, 0) is 0 Å². The highest BCUT2D eigenvalue weighted by Crippen LogP contribution is 2.10. The third-order valence-corrected chi connectivity index (χ3v) is 2.62. The van der Waals surface area contributed by atoms with Gasteiger partial charge in [0.15, 0.2) is 5.65 Å². The van der Waals surface area contributed by atoms with Gasteiger partial charge in [-0.2, -0.15) is 4.98 Å². The van der Waals surface area contributed by atoms with Crippen molar-refractivity contribution in [2.24, 2.45) is 0 Å². The number of nitrogens with one attached hydrogen (secondary N) is 1. The Bertz CT molecular complexity index is 506. The van der Waals surface area contributed by atoms with Crippen molar-refractivity contribution in [2.45, 2.75) is 39.3 Å². The minimum absolute atomic E-state index is 0.146. The van der Waals surface area contributed by atoms with E-state index < -0.39 is 0 Å². The molecule has 2 heterocycles. The van der Waals surface area contributed by atoms with Crippen molar-refractivity contribution in [1.82, 2.24) is 14.6 Å². The second-order valence-corrected chi connectivity index (χ2v) is 4.50. The van der Waals surface area contributed by atoms with E-state index in [1.54, 1.807) is 11.4 Å². The highest BCUT2D eigenvalue weighted by Gasteiger charge is 2.10. The van der Waals surface area contributed by atoms with Gasteiger partial charge in [-0.3, -0.25) is 0 Å². The maximum absolute atomic E-state index is 9.30. The molecule has 0 fully saturated rings. The molecule has 2 aromatic rings. The van der Waals surface area contributed by atoms with E-state index in [-0.39, 0.29) is 12.1 Å². The van der Waals surface area contributed by atoms with Crippen molar-refractivity contribution in [3.8, 4) is 0 Å². The number of anilines is 1. The van der Waals surface area contributed by atoms with E-state index in [0.717, 1.165) is 11.3 Å². The van der Waals surface area contributed by atoms with Crippen molar-refractivity contribution in [2.75, 3.05) is 5.32 Å². The Morgan fingerprint density at radius 3 is 2.82 bits per heavy atom. The summed E-state index contributed by atoms with van der Waals surface area (Å²) < 4.78 is 1.80. The van der Waals surface area contributed by atoms with Crippen LogP contribution in [0.5, 0.6) is 0 Å². The normalized spacial score (nSPS) is 14.8. The van der Waals surface area contributed by atoms with Crippen LogP contribution in [0.25, 0.3) is 5.65 Å². The summed E-state index contributed by atoms with van der Waals surface area (Å²) in [7, 11) is 0. The molecule has 2 rings (SSSR count). The van der Waals surface area contributed by atoms with Crippen LogP contribution >= 0.6 is 0 Å². The van der Waals surface area contributed by atoms with E-state index in [0.29, 0.717) is 12.4 Å². The lowest BCUT2D eigenvalue weighted by Crippen LogP contribution is -2.21. The molecule has 0 saturated carbocycles. The van der Waals surface area contributed by atoms with E-state index in [1.165, 1.54) is 0 Å². The molecule has 2 unspecified atom stereocenters.